The highest BCUT2D eigenvalue weighted by atomic mass is 32.2. The number of likely N-dealkylation sites (N-methyl/N-ethyl adjacent to an activating group) is 1. The van der Waals surface area contributed by atoms with Gasteiger partial charge in [-0.3, -0.25) is 9.78 Å². The minimum absolute atomic E-state index is 0.0117. The number of nitrogens with zero attached hydrogens (tertiary/aromatic N) is 3. The van der Waals surface area contributed by atoms with Crippen LogP contribution in [0.15, 0.2) is 29.4 Å². The van der Waals surface area contributed by atoms with Crippen molar-refractivity contribution in [1.82, 2.24) is 14.2 Å². The fourth-order valence-electron chi connectivity index (χ4n) is 2.72. The molecule has 1 aliphatic heterocycles. The lowest BCUT2D eigenvalue weighted by Gasteiger charge is -2.36. The number of hydrogen-bond acceptors (Lipinski definition) is 5. The molecule has 8 nitrogen and oxygen atoms in total. The normalized spacial score (nSPS) is 21.7. The summed E-state index contributed by atoms with van der Waals surface area (Å²) in [4.78, 5) is 28.9. The monoisotopic (exact) mass is 355 g/mol. The van der Waals surface area contributed by atoms with Crippen LogP contribution in [-0.4, -0.2) is 65.8 Å². The molecule has 1 fully saturated rings. The summed E-state index contributed by atoms with van der Waals surface area (Å²) in [5, 5.41) is 9.31. The Morgan fingerprint density at radius 1 is 1.46 bits per heavy atom. The molecular formula is C15H21N3O5S. The van der Waals surface area contributed by atoms with E-state index >= 15 is 0 Å². The quantitative estimate of drug-likeness (QED) is 0.820. The average molecular weight is 355 g/mol. The van der Waals surface area contributed by atoms with Crippen LogP contribution in [0.3, 0.4) is 0 Å². The largest absolute Gasteiger partial charge is 0.480 e. The number of pyridine rings is 1. The smallest absolute Gasteiger partial charge is 0.326 e. The van der Waals surface area contributed by atoms with Crippen LogP contribution in [0.4, 0.5) is 0 Å². The van der Waals surface area contributed by atoms with E-state index in [4.69, 9.17) is 0 Å². The van der Waals surface area contributed by atoms with E-state index in [0.717, 1.165) is 4.31 Å². The molecular weight excluding hydrogens is 334 g/mol. The molecule has 0 saturated carbocycles. The first kappa shape index (κ1) is 18.3. The van der Waals surface area contributed by atoms with Gasteiger partial charge in [0, 0.05) is 26.0 Å². The Bertz CT molecular complexity index is 707. The van der Waals surface area contributed by atoms with Crippen LogP contribution in [0.1, 0.15) is 19.8 Å². The molecule has 24 heavy (non-hydrogen) atoms. The van der Waals surface area contributed by atoms with Gasteiger partial charge >= 0.3 is 5.97 Å². The van der Waals surface area contributed by atoms with Gasteiger partial charge in [-0.1, -0.05) is 6.92 Å². The molecule has 2 unspecified atom stereocenters. The summed E-state index contributed by atoms with van der Waals surface area (Å²) in [5.41, 5.74) is 0. The molecule has 1 aromatic heterocycles. The molecule has 1 N–H and O–H groups in total. The van der Waals surface area contributed by atoms with Crippen molar-refractivity contribution in [1.29, 1.82) is 0 Å². The maximum Gasteiger partial charge on any atom is 0.326 e. The number of hydrogen-bond donors (Lipinski definition) is 1. The van der Waals surface area contributed by atoms with Crippen LogP contribution in [-0.2, 0) is 19.6 Å². The first-order valence-corrected chi connectivity index (χ1v) is 9.06. The molecule has 2 atom stereocenters. The van der Waals surface area contributed by atoms with Crippen molar-refractivity contribution in [2.24, 2.45) is 5.92 Å². The van der Waals surface area contributed by atoms with Gasteiger partial charge in [-0.2, -0.15) is 4.31 Å². The van der Waals surface area contributed by atoms with Crippen molar-refractivity contribution < 1.29 is 23.1 Å². The van der Waals surface area contributed by atoms with Crippen LogP contribution >= 0.6 is 0 Å². The van der Waals surface area contributed by atoms with Crippen molar-refractivity contribution >= 4 is 21.9 Å². The zero-order chi connectivity index (χ0) is 17.9. The number of carbonyl (C=O) groups is 2. The number of rotatable bonds is 5. The number of aliphatic carboxylic acids is 1. The number of piperidine rings is 1. The van der Waals surface area contributed by atoms with E-state index in [-0.39, 0.29) is 10.8 Å². The van der Waals surface area contributed by atoms with E-state index in [0.29, 0.717) is 19.4 Å². The third-order valence-electron chi connectivity index (χ3n) is 4.17. The predicted molar refractivity (Wildman–Crippen MR) is 85.6 cm³/mol. The lowest BCUT2D eigenvalue weighted by molar-refractivity contribution is -0.153. The molecule has 9 heteroatoms. The van der Waals surface area contributed by atoms with Gasteiger partial charge in [0.1, 0.15) is 10.9 Å². The number of amides is 1. The molecule has 2 heterocycles. The minimum Gasteiger partial charge on any atom is -0.480 e. The molecule has 2 rings (SSSR count). The Kier molecular flexibility index (Phi) is 5.55. The van der Waals surface area contributed by atoms with Crippen LogP contribution in [0.5, 0.6) is 0 Å². The van der Waals surface area contributed by atoms with E-state index in [1.807, 2.05) is 6.92 Å². The Morgan fingerprint density at radius 3 is 2.75 bits per heavy atom. The summed E-state index contributed by atoms with van der Waals surface area (Å²) >= 11 is 0. The number of likely N-dealkylation sites (tertiary alicyclic amines) is 1. The summed E-state index contributed by atoms with van der Waals surface area (Å²) in [6.45, 7) is 1.85. The summed E-state index contributed by atoms with van der Waals surface area (Å²) in [6.07, 6.45) is 3.74. The molecule has 0 aliphatic carbocycles. The number of sulfonamides is 1. The van der Waals surface area contributed by atoms with Crippen molar-refractivity contribution in [2.75, 3.05) is 20.1 Å². The second kappa shape index (κ2) is 7.27. The van der Waals surface area contributed by atoms with Gasteiger partial charge in [-0.25, -0.2) is 13.2 Å². The zero-order valence-corrected chi connectivity index (χ0v) is 14.4. The van der Waals surface area contributed by atoms with Crippen LogP contribution in [0.2, 0.25) is 0 Å². The van der Waals surface area contributed by atoms with Gasteiger partial charge in [-0.05, 0) is 30.9 Å². The van der Waals surface area contributed by atoms with Gasteiger partial charge in [-0.15, -0.1) is 0 Å². The maximum absolute atomic E-state index is 12.4. The molecule has 1 saturated heterocycles. The minimum atomic E-state index is -3.85. The van der Waals surface area contributed by atoms with Crippen LogP contribution in [0.25, 0.3) is 0 Å². The molecule has 1 aromatic rings. The van der Waals surface area contributed by atoms with E-state index in [2.05, 4.69) is 4.98 Å². The lowest BCUT2D eigenvalue weighted by Crippen LogP contribution is -2.52. The van der Waals surface area contributed by atoms with Crippen molar-refractivity contribution in [3.63, 3.8) is 0 Å². The molecule has 132 valence electrons. The van der Waals surface area contributed by atoms with Crippen molar-refractivity contribution in [3.8, 4) is 0 Å². The third-order valence-corrected chi connectivity index (χ3v) is 5.96. The first-order valence-electron chi connectivity index (χ1n) is 7.62. The first-order chi connectivity index (χ1) is 11.2. The SMILES string of the molecule is CC1CCN(C(=O)CN(C)S(=O)(=O)c2cccnc2)C(C(=O)O)C1. The summed E-state index contributed by atoms with van der Waals surface area (Å²) in [6, 6.07) is 1.98. The maximum atomic E-state index is 12.4. The summed E-state index contributed by atoms with van der Waals surface area (Å²) in [5.74, 6) is -1.36. The Balaban J connectivity index is 2.12. The molecule has 1 aliphatic rings. The Morgan fingerprint density at radius 2 is 2.17 bits per heavy atom. The van der Waals surface area contributed by atoms with Gasteiger partial charge < -0.3 is 10.0 Å². The number of aromatic nitrogens is 1. The Hall–Kier alpha value is -2.00. The van der Waals surface area contributed by atoms with Gasteiger partial charge in [0.15, 0.2) is 0 Å². The third kappa shape index (κ3) is 3.90. The van der Waals surface area contributed by atoms with Gasteiger partial charge in [0.25, 0.3) is 0 Å². The number of carbonyl (C=O) groups excluding carboxylic acids is 1. The van der Waals surface area contributed by atoms with Crippen molar-refractivity contribution in [2.45, 2.75) is 30.7 Å². The summed E-state index contributed by atoms with van der Waals surface area (Å²) < 4.78 is 25.8. The van der Waals surface area contributed by atoms with Crippen molar-refractivity contribution in [3.05, 3.63) is 24.5 Å². The van der Waals surface area contributed by atoms with Crippen LogP contribution < -0.4 is 0 Å². The number of carboxylic acid groups (broad SMARTS) is 1. The fraction of sp³-hybridized carbons (Fsp3) is 0.533. The van der Waals surface area contributed by atoms with E-state index in [9.17, 15) is 23.1 Å². The average Bonchev–Trinajstić information content (AvgIpc) is 2.55. The molecule has 0 radical (unpaired) electrons. The van der Waals surface area contributed by atoms with E-state index in [1.165, 1.54) is 36.5 Å². The van der Waals surface area contributed by atoms with Gasteiger partial charge in [0.05, 0.1) is 6.54 Å². The molecule has 0 bridgehead atoms. The molecule has 0 aromatic carbocycles. The summed E-state index contributed by atoms with van der Waals surface area (Å²) in [7, 11) is -2.55. The number of carboxylic acids is 1. The lowest BCUT2D eigenvalue weighted by atomic mass is 9.92. The van der Waals surface area contributed by atoms with E-state index in [1.54, 1.807) is 0 Å². The highest BCUT2D eigenvalue weighted by molar-refractivity contribution is 7.89. The van der Waals surface area contributed by atoms with E-state index < -0.39 is 34.5 Å². The fourth-order valence-corrected chi connectivity index (χ4v) is 3.80. The second-order valence-electron chi connectivity index (χ2n) is 6.02. The Labute approximate surface area is 141 Å². The molecule has 1 amide bonds. The molecule has 0 spiro atoms. The highest BCUT2D eigenvalue weighted by Gasteiger charge is 2.36. The van der Waals surface area contributed by atoms with Crippen LogP contribution in [0, 0.1) is 5.92 Å². The zero-order valence-electron chi connectivity index (χ0n) is 13.6. The highest BCUT2D eigenvalue weighted by Crippen LogP contribution is 2.23. The van der Waals surface area contributed by atoms with Gasteiger partial charge in [0.2, 0.25) is 15.9 Å². The standard InChI is InChI=1S/C15H21N3O5S/c1-11-5-7-18(13(8-11)15(20)21)14(19)10-17(2)24(22,23)12-4-3-6-16-9-12/h3-4,6,9,11,13H,5,7-8,10H2,1-2H3,(H,20,21). The second-order valence-corrected chi connectivity index (χ2v) is 8.07. The topological polar surface area (TPSA) is 108 Å². The predicted octanol–water partition coefficient (Wildman–Crippen LogP) is 0.414.